The number of thiophene rings is 1. The molecule has 1 N–H and O–H groups in total. The summed E-state index contributed by atoms with van der Waals surface area (Å²) in [5, 5.41) is 5.42. The highest BCUT2D eigenvalue weighted by molar-refractivity contribution is 7.13. The predicted octanol–water partition coefficient (Wildman–Crippen LogP) is 2.95. The van der Waals surface area contributed by atoms with Crippen LogP contribution in [-0.2, 0) is 6.54 Å². The van der Waals surface area contributed by atoms with Crippen LogP contribution in [0, 0.1) is 5.92 Å². The Bertz CT molecular complexity index is 434. The largest absolute Gasteiger partial charge is 0.312 e. The standard InChI is InChI=1S/C13H17N3S/c1-10(2)6-14-7-11-8-15-13(16-9-11)12-4-3-5-17-12/h3-5,8-10,14H,6-7H2,1-2H3. The van der Waals surface area contributed by atoms with Crippen LogP contribution in [0.4, 0.5) is 0 Å². The highest BCUT2D eigenvalue weighted by Gasteiger charge is 2.02. The second-order valence-electron chi connectivity index (χ2n) is 4.42. The molecule has 0 aliphatic carbocycles. The fourth-order valence-corrected chi connectivity index (χ4v) is 2.16. The molecule has 0 atom stereocenters. The fourth-order valence-electron chi connectivity index (χ4n) is 1.48. The molecule has 2 rings (SSSR count). The van der Waals surface area contributed by atoms with Crippen LogP contribution in [0.15, 0.2) is 29.9 Å². The van der Waals surface area contributed by atoms with Gasteiger partial charge in [0.1, 0.15) is 0 Å². The second kappa shape index (κ2) is 5.89. The van der Waals surface area contributed by atoms with Crippen LogP contribution in [0.2, 0.25) is 0 Å². The molecule has 0 unspecified atom stereocenters. The molecule has 0 bridgehead atoms. The lowest BCUT2D eigenvalue weighted by Crippen LogP contribution is -2.19. The summed E-state index contributed by atoms with van der Waals surface area (Å²) in [7, 11) is 0. The lowest BCUT2D eigenvalue weighted by atomic mass is 10.2. The zero-order valence-electron chi connectivity index (χ0n) is 10.2. The van der Waals surface area contributed by atoms with Crippen LogP contribution < -0.4 is 5.32 Å². The van der Waals surface area contributed by atoms with Gasteiger partial charge in [-0.1, -0.05) is 19.9 Å². The molecule has 3 nitrogen and oxygen atoms in total. The number of nitrogens with zero attached hydrogens (tertiary/aromatic N) is 2. The predicted molar refractivity (Wildman–Crippen MR) is 71.9 cm³/mol. The maximum atomic E-state index is 4.38. The fraction of sp³-hybridized carbons (Fsp3) is 0.385. The van der Waals surface area contributed by atoms with Crippen molar-refractivity contribution in [2.75, 3.05) is 6.54 Å². The van der Waals surface area contributed by atoms with Gasteiger partial charge in [0.15, 0.2) is 5.82 Å². The molecule has 2 aromatic heterocycles. The Balaban J connectivity index is 1.94. The normalized spacial score (nSPS) is 11.0. The molecule has 0 saturated heterocycles. The average molecular weight is 247 g/mol. The second-order valence-corrected chi connectivity index (χ2v) is 5.36. The van der Waals surface area contributed by atoms with E-state index in [1.807, 2.05) is 29.9 Å². The summed E-state index contributed by atoms with van der Waals surface area (Å²) in [5.74, 6) is 1.48. The first-order chi connectivity index (χ1) is 8.25. The minimum absolute atomic E-state index is 0.668. The lowest BCUT2D eigenvalue weighted by Gasteiger charge is -2.06. The topological polar surface area (TPSA) is 37.8 Å². The Hall–Kier alpha value is -1.26. The molecule has 4 heteroatoms. The first-order valence-corrected chi connectivity index (χ1v) is 6.69. The van der Waals surface area contributed by atoms with Gasteiger partial charge in [0.05, 0.1) is 4.88 Å². The van der Waals surface area contributed by atoms with Crippen molar-refractivity contribution in [1.82, 2.24) is 15.3 Å². The third kappa shape index (κ3) is 3.61. The minimum atomic E-state index is 0.668. The van der Waals surface area contributed by atoms with Gasteiger partial charge in [-0.15, -0.1) is 11.3 Å². The Labute approximate surface area is 106 Å². The summed E-state index contributed by atoms with van der Waals surface area (Å²) >= 11 is 1.66. The van der Waals surface area contributed by atoms with Crippen molar-refractivity contribution in [2.24, 2.45) is 5.92 Å². The van der Waals surface area contributed by atoms with Crippen LogP contribution in [-0.4, -0.2) is 16.5 Å². The van der Waals surface area contributed by atoms with E-state index in [1.165, 1.54) is 0 Å². The van der Waals surface area contributed by atoms with Crippen molar-refractivity contribution in [3.63, 3.8) is 0 Å². The summed E-state index contributed by atoms with van der Waals surface area (Å²) < 4.78 is 0. The van der Waals surface area contributed by atoms with Gasteiger partial charge >= 0.3 is 0 Å². The number of nitrogens with one attached hydrogen (secondary N) is 1. The van der Waals surface area contributed by atoms with E-state index in [9.17, 15) is 0 Å². The Morgan fingerprint density at radius 1 is 1.29 bits per heavy atom. The highest BCUT2D eigenvalue weighted by atomic mass is 32.1. The first-order valence-electron chi connectivity index (χ1n) is 5.81. The Morgan fingerprint density at radius 3 is 2.65 bits per heavy atom. The van der Waals surface area contributed by atoms with Crippen LogP contribution in [0.1, 0.15) is 19.4 Å². The van der Waals surface area contributed by atoms with Crippen molar-refractivity contribution in [3.05, 3.63) is 35.5 Å². The van der Waals surface area contributed by atoms with Gasteiger partial charge in [0.2, 0.25) is 0 Å². The number of rotatable bonds is 5. The van der Waals surface area contributed by atoms with E-state index in [2.05, 4.69) is 29.1 Å². The number of aromatic nitrogens is 2. The molecule has 0 spiro atoms. The third-order valence-corrected chi connectivity index (χ3v) is 3.19. The van der Waals surface area contributed by atoms with Crippen molar-refractivity contribution in [3.8, 4) is 10.7 Å². The third-order valence-electron chi connectivity index (χ3n) is 2.33. The van der Waals surface area contributed by atoms with E-state index in [0.29, 0.717) is 5.92 Å². The SMILES string of the molecule is CC(C)CNCc1cnc(-c2cccs2)nc1. The Kier molecular flexibility index (Phi) is 4.23. The zero-order valence-corrected chi connectivity index (χ0v) is 11.0. The molecule has 0 saturated carbocycles. The van der Waals surface area contributed by atoms with Crippen molar-refractivity contribution >= 4 is 11.3 Å². The van der Waals surface area contributed by atoms with Crippen LogP contribution in [0.5, 0.6) is 0 Å². The molecule has 0 aliphatic heterocycles. The highest BCUT2D eigenvalue weighted by Crippen LogP contribution is 2.19. The zero-order chi connectivity index (χ0) is 12.1. The summed E-state index contributed by atoms with van der Waals surface area (Å²) in [6, 6.07) is 4.05. The van der Waals surface area contributed by atoms with E-state index in [1.54, 1.807) is 11.3 Å². The molecule has 0 aromatic carbocycles. The van der Waals surface area contributed by atoms with Crippen molar-refractivity contribution in [2.45, 2.75) is 20.4 Å². The summed E-state index contributed by atoms with van der Waals surface area (Å²) in [6.45, 7) is 6.25. The van der Waals surface area contributed by atoms with E-state index in [0.717, 1.165) is 29.4 Å². The quantitative estimate of drug-likeness (QED) is 0.882. The van der Waals surface area contributed by atoms with Gasteiger partial charge in [0, 0.05) is 24.5 Å². The molecule has 2 heterocycles. The van der Waals surface area contributed by atoms with E-state index < -0.39 is 0 Å². The van der Waals surface area contributed by atoms with Gasteiger partial charge in [-0.2, -0.15) is 0 Å². The summed E-state index contributed by atoms with van der Waals surface area (Å²) in [5.41, 5.74) is 1.13. The van der Waals surface area contributed by atoms with E-state index >= 15 is 0 Å². The first kappa shape index (κ1) is 12.2. The molecule has 90 valence electrons. The van der Waals surface area contributed by atoms with Gasteiger partial charge in [-0.25, -0.2) is 9.97 Å². The molecule has 17 heavy (non-hydrogen) atoms. The van der Waals surface area contributed by atoms with Crippen molar-refractivity contribution in [1.29, 1.82) is 0 Å². The maximum absolute atomic E-state index is 4.38. The van der Waals surface area contributed by atoms with Crippen LogP contribution >= 0.6 is 11.3 Å². The number of hydrogen-bond acceptors (Lipinski definition) is 4. The monoisotopic (exact) mass is 247 g/mol. The summed E-state index contributed by atoms with van der Waals surface area (Å²) in [4.78, 5) is 9.87. The molecule has 0 fully saturated rings. The molecule has 0 radical (unpaired) electrons. The molecular weight excluding hydrogens is 230 g/mol. The maximum Gasteiger partial charge on any atom is 0.169 e. The molecule has 2 aromatic rings. The van der Waals surface area contributed by atoms with Crippen LogP contribution in [0.25, 0.3) is 10.7 Å². The molecule has 0 aliphatic rings. The summed E-state index contributed by atoms with van der Waals surface area (Å²) in [6.07, 6.45) is 3.80. The Morgan fingerprint density at radius 2 is 2.06 bits per heavy atom. The average Bonchev–Trinajstić information content (AvgIpc) is 2.83. The van der Waals surface area contributed by atoms with Gasteiger partial charge < -0.3 is 5.32 Å². The molecular formula is C13H17N3S. The van der Waals surface area contributed by atoms with Crippen LogP contribution in [0.3, 0.4) is 0 Å². The van der Waals surface area contributed by atoms with Gasteiger partial charge in [-0.3, -0.25) is 0 Å². The minimum Gasteiger partial charge on any atom is -0.312 e. The smallest absolute Gasteiger partial charge is 0.169 e. The van der Waals surface area contributed by atoms with E-state index in [4.69, 9.17) is 0 Å². The molecule has 0 amide bonds. The van der Waals surface area contributed by atoms with Gasteiger partial charge in [-0.05, 0) is 23.9 Å². The van der Waals surface area contributed by atoms with Gasteiger partial charge in [0.25, 0.3) is 0 Å². The number of hydrogen-bond donors (Lipinski definition) is 1. The lowest BCUT2D eigenvalue weighted by molar-refractivity contribution is 0.551. The van der Waals surface area contributed by atoms with E-state index in [-0.39, 0.29) is 0 Å². The van der Waals surface area contributed by atoms with Crippen molar-refractivity contribution < 1.29 is 0 Å².